The van der Waals surface area contributed by atoms with E-state index in [1.54, 1.807) is 0 Å². The molecule has 2 aliphatic rings. The molecule has 0 amide bonds. The van der Waals surface area contributed by atoms with Crippen LogP contribution in [0.5, 0.6) is 0 Å². The Labute approximate surface area is 71.7 Å². The molecule has 2 rings (SSSR count). The van der Waals surface area contributed by atoms with E-state index in [4.69, 9.17) is 4.74 Å². The first kappa shape index (κ1) is 8.23. The van der Waals surface area contributed by atoms with E-state index in [9.17, 15) is 10.2 Å². The first-order valence-corrected chi connectivity index (χ1v) is 4.35. The summed E-state index contributed by atoms with van der Waals surface area (Å²) in [6.45, 7) is 0.943. The van der Waals surface area contributed by atoms with Crippen LogP contribution in [-0.2, 0) is 4.74 Å². The van der Waals surface area contributed by atoms with Crippen LogP contribution < -0.4 is 0 Å². The zero-order valence-electron chi connectivity index (χ0n) is 6.94. The standard InChI is InChI=1S/C9H14O3/c10-8-3-1-2-7-5-12-6-9(7,11)4-8/h1-2,7-8,10-11H,3-6H2. The zero-order chi connectivity index (χ0) is 8.60. The minimum absolute atomic E-state index is 0.0784. The summed E-state index contributed by atoms with van der Waals surface area (Å²) in [5.74, 6) is 0.0784. The molecule has 0 aromatic heterocycles. The van der Waals surface area contributed by atoms with Crippen molar-refractivity contribution in [2.75, 3.05) is 13.2 Å². The van der Waals surface area contributed by atoms with Crippen LogP contribution in [0, 0.1) is 5.92 Å². The summed E-state index contributed by atoms with van der Waals surface area (Å²) in [4.78, 5) is 0. The third kappa shape index (κ3) is 1.28. The molecule has 3 atom stereocenters. The van der Waals surface area contributed by atoms with Gasteiger partial charge in [0.2, 0.25) is 0 Å². The largest absolute Gasteiger partial charge is 0.393 e. The van der Waals surface area contributed by atoms with Gasteiger partial charge in [-0.15, -0.1) is 0 Å². The molecule has 3 heteroatoms. The van der Waals surface area contributed by atoms with Gasteiger partial charge in [0.15, 0.2) is 0 Å². The average Bonchev–Trinajstić information content (AvgIpc) is 2.26. The van der Waals surface area contributed by atoms with Gasteiger partial charge in [0, 0.05) is 12.3 Å². The van der Waals surface area contributed by atoms with Crippen LogP contribution in [0.4, 0.5) is 0 Å². The van der Waals surface area contributed by atoms with Crippen molar-refractivity contribution >= 4 is 0 Å². The van der Waals surface area contributed by atoms with Gasteiger partial charge >= 0.3 is 0 Å². The molecule has 3 nitrogen and oxygen atoms in total. The van der Waals surface area contributed by atoms with Gasteiger partial charge in [-0.2, -0.15) is 0 Å². The highest BCUT2D eigenvalue weighted by atomic mass is 16.5. The van der Waals surface area contributed by atoms with E-state index in [1.807, 2.05) is 12.2 Å². The van der Waals surface area contributed by atoms with Crippen LogP contribution in [0.15, 0.2) is 12.2 Å². The number of hydrogen-bond acceptors (Lipinski definition) is 3. The number of fused-ring (bicyclic) bond motifs is 1. The van der Waals surface area contributed by atoms with Crippen molar-refractivity contribution in [3.63, 3.8) is 0 Å². The monoisotopic (exact) mass is 170 g/mol. The Hall–Kier alpha value is -0.380. The summed E-state index contributed by atoms with van der Waals surface area (Å²) in [5.41, 5.74) is -0.813. The highest BCUT2D eigenvalue weighted by Gasteiger charge is 2.43. The van der Waals surface area contributed by atoms with E-state index < -0.39 is 11.7 Å². The maximum Gasteiger partial charge on any atom is 0.0988 e. The van der Waals surface area contributed by atoms with Crippen LogP contribution in [0.2, 0.25) is 0 Å². The van der Waals surface area contributed by atoms with E-state index in [1.165, 1.54) is 0 Å². The Bertz CT molecular complexity index is 202. The minimum atomic E-state index is -0.813. The maximum absolute atomic E-state index is 10.0. The summed E-state index contributed by atoms with van der Waals surface area (Å²) in [6.07, 6.45) is 4.56. The van der Waals surface area contributed by atoms with E-state index in [-0.39, 0.29) is 5.92 Å². The lowest BCUT2D eigenvalue weighted by atomic mass is 9.87. The molecule has 0 aromatic carbocycles. The van der Waals surface area contributed by atoms with Gasteiger partial charge in [-0.3, -0.25) is 0 Å². The first-order chi connectivity index (χ1) is 5.71. The van der Waals surface area contributed by atoms with Gasteiger partial charge in [0.05, 0.1) is 24.9 Å². The topological polar surface area (TPSA) is 49.7 Å². The smallest absolute Gasteiger partial charge is 0.0988 e. The molecule has 0 radical (unpaired) electrons. The third-order valence-corrected chi connectivity index (χ3v) is 2.71. The van der Waals surface area contributed by atoms with E-state index in [2.05, 4.69) is 0 Å². The van der Waals surface area contributed by atoms with Gasteiger partial charge in [0.1, 0.15) is 0 Å². The highest BCUT2D eigenvalue weighted by molar-refractivity contribution is 5.07. The number of aliphatic hydroxyl groups is 2. The fraction of sp³-hybridized carbons (Fsp3) is 0.778. The average molecular weight is 170 g/mol. The molecule has 1 heterocycles. The number of aliphatic hydroxyl groups excluding tert-OH is 1. The molecular weight excluding hydrogens is 156 g/mol. The lowest BCUT2D eigenvalue weighted by Gasteiger charge is -2.26. The Balaban J connectivity index is 2.19. The lowest BCUT2D eigenvalue weighted by Crippen LogP contribution is -2.38. The predicted molar refractivity (Wildman–Crippen MR) is 43.6 cm³/mol. The molecule has 0 spiro atoms. The van der Waals surface area contributed by atoms with E-state index >= 15 is 0 Å². The highest BCUT2D eigenvalue weighted by Crippen LogP contribution is 2.33. The van der Waals surface area contributed by atoms with Crippen molar-refractivity contribution in [2.24, 2.45) is 5.92 Å². The Morgan fingerprint density at radius 1 is 1.50 bits per heavy atom. The number of hydrogen-bond donors (Lipinski definition) is 2. The van der Waals surface area contributed by atoms with Crippen molar-refractivity contribution in [2.45, 2.75) is 24.5 Å². The van der Waals surface area contributed by atoms with Crippen LogP contribution in [0.3, 0.4) is 0 Å². The van der Waals surface area contributed by atoms with Crippen molar-refractivity contribution in [3.05, 3.63) is 12.2 Å². The van der Waals surface area contributed by atoms with Gasteiger partial charge in [-0.1, -0.05) is 12.2 Å². The van der Waals surface area contributed by atoms with Gasteiger partial charge in [-0.25, -0.2) is 0 Å². The molecule has 1 saturated heterocycles. The molecule has 1 fully saturated rings. The summed E-state index contributed by atoms with van der Waals surface area (Å²) < 4.78 is 5.19. The van der Waals surface area contributed by atoms with Gasteiger partial charge < -0.3 is 14.9 Å². The first-order valence-electron chi connectivity index (χ1n) is 4.35. The SMILES string of the molecule is OC1CC=CC2COCC2(O)C1. The van der Waals surface area contributed by atoms with Crippen LogP contribution in [-0.4, -0.2) is 35.1 Å². The molecule has 2 N–H and O–H groups in total. The second kappa shape index (κ2) is 2.83. The molecule has 1 aliphatic heterocycles. The summed E-state index contributed by atoms with van der Waals surface area (Å²) >= 11 is 0. The third-order valence-electron chi connectivity index (χ3n) is 2.71. The Morgan fingerprint density at radius 3 is 3.17 bits per heavy atom. The van der Waals surface area contributed by atoms with Crippen molar-refractivity contribution in [1.29, 1.82) is 0 Å². The maximum atomic E-state index is 10.0. The summed E-state index contributed by atoms with van der Waals surface area (Å²) in [5, 5.41) is 19.5. The second-order valence-corrected chi connectivity index (χ2v) is 3.75. The second-order valence-electron chi connectivity index (χ2n) is 3.75. The quantitative estimate of drug-likeness (QED) is 0.506. The lowest BCUT2D eigenvalue weighted by molar-refractivity contribution is -0.0269. The molecule has 3 unspecified atom stereocenters. The van der Waals surface area contributed by atoms with E-state index in [0.717, 1.165) is 0 Å². The van der Waals surface area contributed by atoms with Gasteiger partial charge in [-0.05, 0) is 6.42 Å². The van der Waals surface area contributed by atoms with Gasteiger partial charge in [0.25, 0.3) is 0 Å². The molecular formula is C9H14O3. The molecule has 0 saturated carbocycles. The fourth-order valence-electron chi connectivity index (χ4n) is 1.96. The number of rotatable bonds is 0. The van der Waals surface area contributed by atoms with Crippen LogP contribution in [0.1, 0.15) is 12.8 Å². The molecule has 12 heavy (non-hydrogen) atoms. The fourth-order valence-corrected chi connectivity index (χ4v) is 1.96. The summed E-state index contributed by atoms with van der Waals surface area (Å²) in [6, 6.07) is 0. The van der Waals surface area contributed by atoms with E-state index in [0.29, 0.717) is 26.1 Å². The van der Waals surface area contributed by atoms with Crippen LogP contribution >= 0.6 is 0 Å². The van der Waals surface area contributed by atoms with Crippen molar-refractivity contribution in [3.8, 4) is 0 Å². The minimum Gasteiger partial charge on any atom is -0.393 e. The normalized spacial score (nSPS) is 47.2. The molecule has 0 bridgehead atoms. The van der Waals surface area contributed by atoms with Crippen LogP contribution in [0.25, 0.3) is 0 Å². The Morgan fingerprint density at radius 2 is 2.33 bits per heavy atom. The van der Waals surface area contributed by atoms with Crippen molar-refractivity contribution in [1.82, 2.24) is 0 Å². The predicted octanol–water partition coefficient (Wildman–Crippen LogP) is 0.0748. The zero-order valence-corrected chi connectivity index (χ0v) is 6.94. The van der Waals surface area contributed by atoms with Crippen molar-refractivity contribution < 1.29 is 14.9 Å². The number of ether oxygens (including phenoxy) is 1. The molecule has 0 aromatic rings. The Kier molecular flexibility index (Phi) is 1.94. The molecule has 1 aliphatic carbocycles. The molecule has 68 valence electrons. The summed E-state index contributed by atoms with van der Waals surface area (Å²) in [7, 11) is 0.